The number of esters is 1. The van der Waals surface area contributed by atoms with E-state index >= 15 is 0 Å². The molecule has 2 aromatic heterocycles. The first kappa shape index (κ1) is 27.7. The molecule has 3 aromatic rings. The molecule has 2 aliphatic rings. The maximum absolute atomic E-state index is 13.9. The van der Waals surface area contributed by atoms with Gasteiger partial charge in [-0.25, -0.2) is 19.2 Å². The number of rotatable bonds is 8. The van der Waals surface area contributed by atoms with Gasteiger partial charge in [0, 0.05) is 59.5 Å². The molecule has 4 heterocycles. The molecule has 0 amide bonds. The topological polar surface area (TPSA) is 117 Å². The van der Waals surface area contributed by atoms with Gasteiger partial charge in [0.1, 0.15) is 17.7 Å². The number of pyridine rings is 1. The zero-order valence-corrected chi connectivity index (χ0v) is 23.2. The van der Waals surface area contributed by atoms with Crippen molar-refractivity contribution < 1.29 is 23.8 Å². The summed E-state index contributed by atoms with van der Waals surface area (Å²) in [4.78, 5) is 40.0. The van der Waals surface area contributed by atoms with E-state index in [2.05, 4.69) is 20.2 Å². The van der Waals surface area contributed by atoms with Crippen molar-refractivity contribution in [2.75, 3.05) is 25.1 Å². The lowest BCUT2D eigenvalue weighted by atomic mass is 9.85. The Morgan fingerprint density at radius 2 is 2.02 bits per heavy atom. The highest BCUT2D eigenvalue weighted by Crippen LogP contribution is 2.40. The number of halogens is 2. The van der Waals surface area contributed by atoms with Crippen molar-refractivity contribution >= 4 is 46.5 Å². The third kappa shape index (κ3) is 6.00. The van der Waals surface area contributed by atoms with Crippen molar-refractivity contribution in [2.45, 2.75) is 31.7 Å². The minimum Gasteiger partial charge on any atom is -0.481 e. The molecule has 0 radical (unpaired) electrons. The van der Waals surface area contributed by atoms with Gasteiger partial charge in [0.15, 0.2) is 10.8 Å². The van der Waals surface area contributed by atoms with Gasteiger partial charge in [-0.3, -0.25) is 9.79 Å². The third-order valence-corrected chi connectivity index (χ3v) is 8.14. The number of aliphatic imine (C=N–C) groups is 1. The number of carbonyl (C=O) groups is 2. The van der Waals surface area contributed by atoms with Crippen LogP contribution in [-0.4, -0.2) is 53.0 Å². The molecule has 0 saturated carbocycles. The van der Waals surface area contributed by atoms with Gasteiger partial charge in [-0.2, -0.15) is 0 Å². The second kappa shape index (κ2) is 12.1. The van der Waals surface area contributed by atoms with Crippen molar-refractivity contribution in [3.8, 4) is 0 Å². The standard InChI is InChI=1S/C28H27ClFN5O4S/c1-39-28(38)23-24(17-8-11-35(12-9-17)21-6-2-16(15-32-21)3-7-22(36)37)33-26(27-31-10-13-40-27)34-25(23)19-5-4-18(30)14-20(19)29/h2,4-6,10,13-15,17,25H,3,7-9,11-12H2,1H3,(H,33,34)(H,36,37). The van der Waals surface area contributed by atoms with E-state index in [1.165, 1.54) is 30.6 Å². The SMILES string of the molecule is COC(=O)C1=C(C2CCN(c3ccc(CCC(=O)O)cn3)CC2)NC(c2nccs2)=NC1c1ccc(F)cc1Cl. The molecular weight excluding hydrogens is 557 g/mol. The fourth-order valence-electron chi connectivity index (χ4n) is 5.02. The number of nitrogens with one attached hydrogen (secondary N) is 1. The highest BCUT2D eigenvalue weighted by atomic mass is 35.5. The minimum absolute atomic E-state index is 0.0209. The molecule has 40 heavy (non-hydrogen) atoms. The zero-order valence-electron chi connectivity index (χ0n) is 21.6. The van der Waals surface area contributed by atoms with Crippen LogP contribution in [0.2, 0.25) is 5.02 Å². The van der Waals surface area contributed by atoms with Crippen LogP contribution in [0, 0.1) is 11.7 Å². The first-order valence-electron chi connectivity index (χ1n) is 12.8. The number of nitrogens with zero attached hydrogens (tertiary/aromatic N) is 4. The van der Waals surface area contributed by atoms with Crippen LogP contribution in [0.3, 0.4) is 0 Å². The van der Waals surface area contributed by atoms with Crippen molar-refractivity contribution in [3.05, 3.63) is 86.4 Å². The van der Waals surface area contributed by atoms with Gasteiger partial charge in [0.2, 0.25) is 0 Å². The summed E-state index contributed by atoms with van der Waals surface area (Å²) in [7, 11) is 1.32. The van der Waals surface area contributed by atoms with Crippen LogP contribution in [-0.2, 0) is 20.7 Å². The average Bonchev–Trinajstić information content (AvgIpc) is 3.51. The van der Waals surface area contributed by atoms with Crippen molar-refractivity contribution in [3.63, 3.8) is 0 Å². The molecule has 1 atom stereocenters. The lowest BCUT2D eigenvalue weighted by molar-refractivity contribution is -0.137. The van der Waals surface area contributed by atoms with Crippen LogP contribution >= 0.6 is 22.9 Å². The van der Waals surface area contributed by atoms with E-state index < -0.39 is 23.8 Å². The Morgan fingerprint density at radius 1 is 1.23 bits per heavy atom. The van der Waals surface area contributed by atoms with Crippen LogP contribution < -0.4 is 10.2 Å². The number of thiazole rings is 1. The second-order valence-corrected chi connectivity index (χ2v) is 10.8. The average molecular weight is 584 g/mol. The summed E-state index contributed by atoms with van der Waals surface area (Å²) >= 11 is 7.87. The van der Waals surface area contributed by atoms with Gasteiger partial charge in [-0.1, -0.05) is 23.7 Å². The molecule has 5 rings (SSSR count). The van der Waals surface area contributed by atoms with Gasteiger partial charge in [0.25, 0.3) is 0 Å². The number of carbonyl (C=O) groups excluding carboxylic acids is 1. The van der Waals surface area contributed by atoms with Gasteiger partial charge in [-0.15, -0.1) is 11.3 Å². The van der Waals surface area contributed by atoms with Crippen LogP contribution in [0.5, 0.6) is 0 Å². The molecule has 1 saturated heterocycles. The smallest absolute Gasteiger partial charge is 0.338 e. The number of aliphatic carboxylic acids is 1. The maximum Gasteiger partial charge on any atom is 0.338 e. The summed E-state index contributed by atoms with van der Waals surface area (Å²) in [6.07, 6.45) is 5.34. The summed E-state index contributed by atoms with van der Waals surface area (Å²) in [6, 6.07) is 7.08. The Balaban J connectivity index is 1.43. The second-order valence-electron chi connectivity index (χ2n) is 9.51. The zero-order chi connectivity index (χ0) is 28.2. The van der Waals surface area contributed by atoms with Crippen LogP contribution in [0.1, 0.15) is 41.4 Å². The molecule has 2 aliphatic heterocycles. The first-order chi connectivity index (χ1) is 19.3. The Morgan fingerprint density at radius 3 is 2.65 bits per heavy atom. The monoisotopic (exact) mass is 583 g/mol. The van der Waals surface area contributed by atoms with E-state index in [1.54, 1.807) is 18.5 Å². The van der Waals surface area contributed by atoms with Crippen LogP contribution in [0.4, 0.5) is 10.2 Å². The van der Waals surface area contributed by atoms with E-state index in [0.717, 1.165) is 24.2 Å². The Bertz CT molecular complexity index is 1450. The number of aromatic nitrogens is 2. The van der Waals surface area contributed by atoms with E-state index in [1.807, 2.05) is 17.5 Å². The van der Waals surface area contributed by atoms with Gasteiger partial charge < -0.3 is 20.1 Å². The number of hydrogen-bond donors (Lipinski definition) is 2. The molecule has 2 N–H and O–H groups in total. The fourth-order valence-corrected chi connectivity index (χ4v) is 5.88. The van der Waals surface area contributed by atoms with Crippen molar-refractivity contribution in [2.24, 2.45) is 10.9 Å². The molecule has 0 bridgehead atoms. The highest BCUT2D eigenvalue weighted by Gasteiger charge is 2.37. The number of ether oxygens (including phenoxy) is 1. The molecule has 208 valence electrons. The number of allylic oxidation sites excluding steroid dienone is 1. The van der Waals surface area contributed by atoms with E-state index in [-0.39, 0.29) is 17.4 Å². The summed E-state index contributed by atoms with van der Waals surface area (Å²) < 4.78 is 19.1. The number of methoxy groups -OCH3 is 1. The number of carboxylic acid groups (broad SMARTS) is 1. The van der Waals surface area contributed by atoms with Crippen molar-refractivity contribution in [1.29, 1.82) is 0 Å². The molecule has 1 aromatic carbocycles. The number of carboxylic acids is 1. The van der Waals surface area contributed by atoms with E-state index in [0.29, 0.717) is 47.2 Å². The molecule has 12 heteroatoms. The minimum atomic E-state index is -0.838. The number of piperidine rings is 1. The molecular formula is C28H27ClFN5O4S. The predicted molar refractivity (Wildman–Crippen MR) is 150 cm³/mol. The summed E-state index contributed by atoms with van der Waals surface area (Å²) in [6.45, 7) is 1.38. The van der Waals surface area contributed by atoms with E-state index in [9.17, 15) is 14.0 Å². The summed E-state index contributed by atoms with van der Waals surface area (Å²) in [5.74, 6) is -0.536. The van der Waals surface area contributed by atoms with Crippen LogP contribution in [0.15, 0.2) is 64.4 Å². The molecule has 0 spiro atoms. The predicted octanol–water partition coefficient (Wildman–Crippen LogP) is 4.78. The number of hydrogen-bond acceptors (Lipinski definition) is 9. The molecule has 1 fully saturated rings. The third-order valence-electron chi connectivity index (χ3n) is 7.04. The summed E-state index contributed by atoms with van der Waals surface area (Å²) in [5, 5.41) is 15.0. The maximum atomic E-state index is 13.9. The number of aryl methyl sites for hydroxylation is 1. The van der Waals surface area contributed by atoms with Gasteiger partial charge >= 0.3 is 11.9 Å². The molecule has 9 nitrogen and oxygen atoms in total. The highest BCUT2D eigenvalue weighted by molar-refractivity contribution is 7.11. The molecule has 0 aliphatic carbocycles. The van der Waals surface area contributed by atoms with Crippen LogP contribution in [0.25, 0.3) is 0 Å². The van der Waals surface area contributed by atoms with Gasteiger partial charge in [0.05, 0.1) is 12.7 Å². The number of anilines is 1. The first-order valence-corrected chi connectivity index (χ1v) is 14.0. The number of amidine groups is 1. The van der Waals surface area contributed by atoms with E-state index in [4.69, 9.17) is 26.4 Å². The molecule has 1 unspecified atom stereocenters. The fraction of sp³-hybridized carbons (Fsp3) is 0.321. The lowest BCUT2D eigenvalue weighted by Gasteiger charge is -2.37. The lowest BCUT2D eigenvalue weighted by Crippen LogP contribution is -2.41. The number of benzene rings is 1. The summed E-state index contributed by atoms with van der Waals surface area (Å²) in [5.41, 5.74) is 2.42. The Labute approximate surface area is 239 Å². The quantitative estimate of drug-likeness (QED) is 0.364. The largest absolute Gasteiger partial charge is 0.481 e. The van der Waals surface area contributed by atoms with Gasteiger partial charge in [-0.05, 0) is 43.0 Å². The van der Waals surface area contributed by atoms with Crippen molar-refractivity contribution in [1.82, 2.24) is 15.3 Å². The Hall–Kier alpha value is -3.83. The Kier molecular flexibility index (Phi) is 8.41. The normalized spacial score (nSPS) is 17.8.